The Labute approximate surface area is 194 Å². The number of para-hydroxylation sites is 1. The molecule has 0 aliphatic carbocycles. The van der Waals surface area contributed by atoms with Crippen LogP contribution in [0.2, 0.25) is 0 Å². The van der Waals surface area contributed by atoms with Gasteiger partial charge in [-0.05, 0) is 72.9 Å². The number of nitrogens with zero attached hydrogens (tertiary/aromatic N) is 2. The summed E-state index contributed by atoms with van der Waals surface area (Å²) >= 11 is 5.19. The van der Waals surface area contributed by atoms with Crippen molar-refractivity contribution in [2.45, 2.75) is 0 Å². The van der Waals surface area contributed by atoms with Gasteiger partial charge in [-0.3, -0.25) is 24.6 Å². The zero-order valence-corrected chi connectivity index (χ0v) is 17.8. The SMILES string of the molecule is N#Cc1ccc(C(=O)C=C2C(=O)NC(=S)N(c3ccc(Oc4ccccc4)cc3)C2=O)cc1. The van der Waals surface area contributed by atoms with Crippen LogP contribution < -0.4 is 15.0 Å². The molecule has 1 fully saturated rings. The van der Waals surface area contributed by atoms with Crippen LogP contribution in [-0.4, -0.2) is 22.7 Å². The van der Waals surface area contributed by atoms with Crippen molar-refractivity contribution in [1.29, 1.82) is 5.26 Å². The van der Waals surface area contributed by atoms with Crippen molar-refractivity contribution in [2.75, 3.05) is 4.90 Å². The molecule has 8 heteroatoms. The third-order valence-corrected chi connectivity index (χ3v) is 5.03. The lowest BCUT2D eigenvalue weighted by atomic mass is 10.0. The second-order valence-corrected chi connectivity index (χ2v) is 7.31. The molecule has 0 radical (unpaired) electrons. The van der Waals surface area contributed by atoms with Crippen LogP contribution in [0.1, 0.15) is 15.9 Å². The van der Waals surface area contributed by atoms with Gasteiger partial charge in [-0.15, -0.1) is 0 Å². The van der Waals surface area contributed by atoms with Gasteiger partial charge in [0.2, 0.25) is 0 Å². The number of benzene rings is 3. The minimum absolute atomic E-state index is 0.0929. The minimum Gasteiger partial charge on any atom is -0.457 e. The lowest BCUT2D eigenvalue weighted by Crippen LogP contribution is -2.54. The first kappa shape index (κ1) is 21.6. The molecule has 3 aromatic rings. The van der Waals surface area contributed by atoms with Crippen molar-refractivity contribution >= 4 is 40.6 Å². The third kappa shape index (κ3) is 4.69. The van der Waals surface area contributed by atoms with Gasteiger partial charge < -0.3 is 4.74 Å². The van der Waals surface area contributed by atoms with Crippen LogP contribution in [0.5, 0.6) is 11.5 Å². The first-order valence-corrected chi connectivity index (χ1v) is 10.2. The van der Waals surface area contributed by atoms with E-state index in [1.807, 2.05) is 36.4 Å². The molecule has 160 valence electrons. The van der Waals surface area contributed by atoms with Gasteiger partial charge in [-0.1, -0.05) is 18.2 Å². The van der Waals surface area contributed by atoms with Crippen LogP contribution in [0.3, 0.4) is 0 Å². The van der Waals surface area contributed by atoms with Gasteiger partial charge in [0, 0.05) is 11.6 Å². The highest BCUT2D eigenvalue weighted by atomic mass is 32.1. The van der Waals surface area contributed by atoms with E-state index in [9.17, 15) is 14.4 Å². The summed E-state index contributed by atoms with van der Waals surface area (Å²) in [6.07, 6.45) is 0.973. The molecule has 1 saturated heterocycles. The summed E-state index contributed by atoms with van der Waals surface area (Å²) in [5.41, 5.74) is 0.691. The molecule has 2 amide bonds. The number of allylic oxidation sites excluding steroid dienone is 1. The fourth-order valence-electron chi connectivity index (χ4n) is 3.10. The van der Waals surface area contributed by atoms with Gasteiger partial charge in [-0.2, -0.15) is 5.26 Å². The second kappa shape index (κ2) is 9.26. The highest BCUT2D eigenvalue weighted by Crippen LogP contribution is 2.26. The standard InChI is InChI=1S/C25H15N3O4S/c26-15-16-6-8-17(9-7-16)22(29)14-21-23(30)27-25(33)28(24(21)31)18-10-12-20(13-11-18)32-19-4-2-1-3-5-19/h1-14H,(H,27,30,33). The molecular weight excluding hydrogens is 438 g/mol. The number of nitriles is 1. The normalized spacial score (nSPS) is 14.6. The Morgan fingerprint density at radius 1 is 0.939 bits per heavy atom. The molecule has 1 N–H and O–H groups in total. The van der Waals surface area contributed by atoms with Crippen molar-refractivity contribution in [3.05, 3.63) is 102 Å². The number of nitrogens with one attached hydrogen (secondary N) is 1. The number of ketones is 1. The molecule has 0 saturated carbocycles. The van der Waals surface area contributed by atoms with Gasteiger partial charge in [-0.25, -0.2) is 0 Å². The molecule has 0 aromatic heterocycles. The molecule has 1 aliphatic heterocycles. The first-order chi connectivity index (χ1) is 16.0. The maximum Gasteiger partial charge on any atom is 0.270 e. The molecule has 1 aliphatic rings. The highest BCUT2D eigenvalue weighted by molar-refractivity contribution is 7.80. The van der Waals surface area contributed by atoms with Crippen LogP contribution in [0.25, 0.3) is 0 Å². The van der Waals surface area contributed by atoms with Crippen LogP contribution in [-0.2, 0) is 9.59 Å². The Balaban J connectivity index is 1.57. The molecule has 3 aromatic carbocycles. The number of hydrogen-bond acceptors (Lipinski definition) is 6. The van der Waals surface area contributed by atoms with Gasteiger partial charge in [0.25, 0.3) is 11.8 Å². The number of carbonyl (C=O) groups is 3. The van der Waals surface area contributed by atoms with E-state index < -0.39 is 17.6 Å². The number of thiocarbonyl (C=S) groups is 1. The topological polar surface area (TPSA) is 99.5 Å². The summed E-state index contributed by atoms with van der Waals surface area (Å²) in [6, 6.07) is 23.6. The second-order valence-electron chi connectivity index (χ2n) is 6.92. The fraction of sp³-hybridized carbons (Fsp3) is 0. The van der Waals surface area contributed by atoms with E-state index >= 15 is 0 Å². The van der Waals surface area contributed by atoms with E-state index in [0.29, 0.717) is 22.7 Å². The van der Waals surface area contributed by atoms with E-state index in [1.165, 1.54) is 24.3 Å². The Bertz CT molecular complexity index is 1320. The van der Waals surface area contributed by atoms with Crippen molar-refractivity contribution in [3.63, 3.8) is 0 Å². The predicted molar refractivity (Wildman–Crippen MR) is 125 cm³/mol. The number of amides is 2. The maximum absolute atomic E-state index is 13.1. The smallest absolute Gasteiger partial charge is 0.270 e. The average molecular weight is 453 g/mol. The van der Waals surface area contributed by atoms with E-state index in [2.05, 4.69) is 5.32 Å². The molecule has 0 spiro atoms. The van der Waals surface area contributed by atoms with Gasteiger partial charge in [0.15, 0.2) is 10.9 Å². The van der Waals surface area contributed by atoms with Crippen molar-refractivity contribution in [1.82, 2.24) is 5.32 Å². The molecule has 33 heavy (non-hydrogen) atoms. The molecule has 0 bridgehead atoms. The largest absolute Gasteiger partial charge is 0.457 e. The summed E-state index contributed by atoms with van der Waals surface area (Å²) in [4.78, 5) is 39.2. The third-order valence-electron chi connectivity index (χ3n) is 4.75. The van der Waals surface area contributed by atoms with Crippen molar-refractivity contribution in [3.8, 4) is 17.6 Å². The Morgan fingerprint density at radius 3 is 2.21 bits per heavy atom. The van der Waals surface area contributed by atoms with Crippen LogP contribution >= 0.6 is 12.2 Å². The van der Waals surface area contributed by atoms with Crippen LogP contribution in [0.4, 0.5) is 5.69 Å². The van der Waals surface area contributed by atoms with Crippen molar-refractivity contribution in [2.24, 2.45) is 0 Å². The summed E-state index contributed by atoms with van der Waals surface area (Å²) in [5.74, 6) is -0.808. The quantitative estimate of drug-likeness (QED) is 0.272. The van der Waals surface area contributed by atoms with E-state index in [-0.39, 0.29) is 16.2 Å². The zero-order chi connectivity index (χ0) is 23.4. The summed E-state index contributed by atoms with van der Waals surface area (Å²) < 4.78 is 5.75. The van der Waals surface area contributed by atoms with E-state index in [4.69, 9.17) is 22.2 Å². The monoisotopic (exact) mass is 453 g/mol. The van der Waals surface area contributed by atoms with Gasteiger partial charge in [0.1, 0.15) is 17.1 Å². The van der Waals surface area contributed by atoms with E-state index in [1.54, 1.807) is 24.3 Å². The summed E-state index contributed by atoms with van der Waals surface area (Å²) in [7, 11) is 0. The maximum atomic E-state index is 13.1. The minimum atomic E-state index is -0.757. The van der Waals surface area contributed by atoms with Crippen LogP contribution in [0.15, 0.2) is 90.5 Å². The number of anilines is 1. The Hall–Kier alpha value is -4.61. The Kier molecular flexibility index (Phi) is 6.06. The molecule has 4 rings (SSSR count). The lowest BCUT2D eigenvalue weighted by Gasteiger charge is -2.28. The zero-order valence-electron chi connectivity index (χ0n) is 17.0. The molecule has 0 atom stereocenters. The van der Waals surface area contributed by atoms with E-state index in [0.717, 1.165) is 11.0 Å². The predicted octanol–water partition coefficient (Wildman–Crippen LogP) is 3.91. The van der Waals surface area contributed by atoms with Gasteiger partial charge >= 0.3 is 0 Å². The molecular formula is C25H15N3O4S. The van der Waals surface area contributed by atoms with Crippen LogP contribution in [0, 0.1) is 11.3 Å². The number of rotatable bonds is 5. The van der Waals surface area contributed by atoms with Gasteiger partial charge in [0.05, 0.1) is 17.3 Å². The lowest BCUT2D eigenvalue weighted by molar-refractivity contribution is -0.122. The summed E-state index contributed by atoms with van der Waals surface area (Å²) in [6.45, 7) is 0. The van der Waals surface area contributed by atoms with Crippen molar-refractivity contribution < 1.29 is 19.1 Å². The molecule has 1 heterocycles. The number of ether oxygens (including phenoxy) is 1. The average Bonchev–Trinajstić information content (AvgIpc) is 2.83. The molecule has 7 nitrogen and oxygen atoms in total. The molecule has 0 unspecified atom stereocenters. The first-order valence-electron chi connectivity index (χ1n) is 9.75. The highest BCUT2D eigenvalue weighted by Gasteiger charge is 2.35. The number of carbonyl (C=O) groups excluding carboxylic acids is 3. The Morgan fingerprint density at radius 2 is 1.58 bits per heavy atom. The summed E-state index contributed by atoms with van der Waals surface area (Å²) in [5, 5.41) is 11.2. The number of hydrogen-bond donors (Lipinski definition) is 1. The fourth-order valence-corrected chi connectivity index (χ4v) is 3.38.